The molecule has 0 spiro atoms. The SMILES string of the molecule is CCCC[N+](CCCC)(CCCC)CCCC.ClOC(Cl)(Cl)Cl.[N-]=O.[Tc]. The number of nitrogens with zero attached hydrogens (tertiary/aromatic N) is 2. The number of rotatable bonds is 12. The van der Waals surface area contributed by atoms with Crippen LogP contribution in [0.5, 0.6) is 0 Å². The molecule has 4 nitrogen and oxygen atoms in total. The molecule has 161 valence electrons. The maximum atomic E-state index is 7.25. The number of quaternary nitrogens is 1. The minimum Gasteiger partial charge on any atom is -0.577 e. The molecule has 0 aliphatic rings. The summed E-state index contributed by atoms with van der Waals surface area (Å²) in [6.45, 7) is 15.0. The first kappa shape index (κ1) is 34.8. The molecule has 0 bridgehead atoms. The molecule has 0 fully saturated rings. The second kappa shape index (κ2) is 24.4. The Morgan fingerprint density at radius 1 is 0.731 bits per heavy atom. The average Bonchev–Trinajstić information content (AvgIpc) is 2.62. The Morgan fingerprint density at radius 3 is 1.04 bits per heavy atom. The van der Waals surface area contributed by atoms with Gasteiger partial charge in [-0.05, 0) is 25.7 Å². The molecule has 0 atom stereocenters. The van der Waals surface area contributed by atoms with E-state index in [4.69, 9.17) is 45.3 Å². The fourth-order valence-corrected chi connectivity index (χ4v) is 2.64. The van der Waals surface area contributed by atoms with Gasteiger partial charge in [0.2, 0.25) is 0 Å². The molecule has 1 radical (unpaired) electrons. The van der Waals surface area contributed by atoms with Crippen molar-refractivity contribution < 1.29 is 28.9 Å². The first-order chi connectivity index (χ1) is 11.8. The molecule has 0 aromatic rings. The number of hydrogen-bond acceptors (Lipinski definition) is 2. The second-order valence-corrected chi connectivity index (χ2v) is 8.50. The molecule has 0 aliphatic carbocycles. The third kappa shape index (κ3) is 25.3. The van der Waals surface area contributed by atoms with E-state index in [-0.39, 0.29) is 20.1 Å². The van der Waals surface area contributed by atoms with Crippen LogP contribution in [0.25, 0.3) is 5.59 Å². The Morgan fingerprint density at radius 2 is 0.923 bits per heavy atom. The van der Waals surface area contributed by atoms with Crippen molar-refractivity contribution >= 4 is 46.7 Å². The summed E-state index contributed by atoms with van der Waals surface area (Å²) in [5, 5.41) is 0. The number of hydrogen-bond donors (Lipinski definition) is 0. The van der Waals surface area contributed by atoms with Crippen LogP contribution in [0.2, 0.25) is 0 Å². The number of nitroso groups, excluding NO2 is 1. The van der Waals surface area contributed by atoms with E-state index in [1.54, 1.807) is 0 Å². The summed E-state index contributed by atoms with van der Waals surface area (Å²) < 4.78 is 3.35. The molecule has 0 aromatic carbocycles. The fourth-order valence-electron chi connectivity index (χ4n) is 2.64. The summed E-state index contributed by atoms with van der Waals surface area (Å²) in [4.78, 5) is 7.25. The van der Waals surface area contributed by atoms with E-state index in [0.717, 1.165) is 0 Å². The molecule has 26 heavy (non-hydrogen) atoms. The Hall–Kier alpha value is 1.33. The van der Waals surface area contributed by atoms with Crippen LogP contribution in [-0.2, 0) is 24.4 Å². The molecule has 0 amide bonds. The summed E-state index contributed by atoms with van der Waals surface area (Å²) in [7, 11) is 0. The Labute approximate surface area is 194 Å². The average molecular weight is 540 g/mol. The van der Waals surface area contributed by atoms with Crippen molar-refractivity contribution in [3.63, 3.8) is 0 Å². The standard InChI is InChI=1S/C16H36N.CCl4O.NO.Tc/c1-5-9-13-17(14-10-6-2,15-11-7-3)16-12-8-4;2-1(3,4)6-5;1-2;/h5-16H2,1-4H3;;;/q+1;;-1;. The Bertz CT molecular complexity index is 236. The predicted octanol–water partition coefficient (Wildman–Crippen LogP) is 7.81. The summed E-state index contributed by atoms with van der Waals surface area (Å²) in [6, 6.07) is 0. The third-order valence-corrected chi connectivity index (χ3v) is 4.73. The van der Waals surface area contributed by atoms with Crippen LogP contribution < -0.4 is 0 Å². The topological polar surface area (TPSA) is 48.6 Å². The molecule has 0 aromatic heterocycles. The van der Waals surface area contributed by atoms with Crippen molar-refractivity contribution in [3.8, 4) is 0 Å². The molecule has 0 saturated heterocycles. The number of unbranched alkanes of at least 4 members (excludes halogenated alkanes) is 4. The van der Waals surface area contributed by atoms with Crippen LogP contribution in [-0.4, -0.2) is 34.6 Å². The van der Waals surface area contributed by atoms with Gasteiger partial charge in [0, 0.05) is 20.1 Å². The number of alkyl halides is 3. The van der Waals surface area contributed by atoms with Gasteiger partial charge in [0.05, 0.1) is 38.0 Å². The summed E-state index contributed by atoms with van der Waals surface area (Å²) >= 11 is 19.3. The first-order valence-corrected chi connectivity index (χ1v) is 10.6. The van der Waals surface area contributed by atoms with Gasteiger partial charge in [0.15, 0.2) is 0 Å². The van der Waals surface area contributed by atoms with Gasteiger partial charge in [-0.15, -0.1) is 0 Å². The van der Waals surface area contributed by atoms with Crippen LogP contribution in [0, 0.1) is 4.91 Å². The van der Waals surface area contributed by atoms with Crippen molar-refractivity contribution in [2.75, 3.05) is 26.2 Å². The maximum absolute atomic E-state index is 7.25. The van der Waals surface area contributed by atoms with Crippen LogP contribution in [0.15, 0.2) is 0 Å². The molecule has 9 heteroatoms. The van der Waals surface area contributed by atoms with Gasteiger partial charge in [-0.2, -0.15) is 0 Å². The third-order valence-electron chi connectivity index (χ3n) is 4.03. The van der Waals surface area contributed by atoms with Gasteiger partial charge >= 0.3 is 3.98 Å². The quantitative estimate of drug-likeness (QED) is 0.187. The zero-order chi connectivity index (χ0) is 20.2. The van der Waals surface area contributed by atoms with Gasteiger partial charge in [0.1, 0.15) is 0 Å². The molecule has 0 saturated carbocycles. The largest absolute Gasteiger partial charge is 0.577 e. The van der Waals surface area contributed by atoms with Crippen molar-refractivity contribution in [1.82, 2.24) is 0 Å². The zero-order valence-corrected chi connectivity index (χ0v) is 21.5. The van der Waals surface area contributed by atoms with Gasteiger partial charge in [0.25, 0.3) is 0 Å². The van der Waals surface area contributed by atoms with Crippen LogP contribution in [0.4, 0.5) is 0 Å². The molecule has 0 aliphatic heterocycles. The first-order valence-electron chi connectivity index (χ1n) is 9.20. The van der Waals surface area contributed by atoms with Gasteiger partial charge < -0.3 is 15.0 Å². The van der Waals surface area contributed by atoms with E-state index >= 15 is 0 Å². The van der Waals surface area contributed by atoms with E-state index in [2.05, 4.69) is 43.9 Å². The summed E-state index contributed by atoms with van der Waals surface area (Å²) in [6.07, 6.45) is 11.1. The predicted molar refractivity (Wildman–Crippen MR) is 113 cm³/mol. The normalized spacial score (nSPS) is 10.8. The van der Waals surface area contributed by atoms with E-state index < -0.39 is 3.98 Å². The van der Waals surface area contributed by atoms with Crippen LogP contribution >= 0.6 is 46.7 Å². The van der Waals surface area contributed by atoms with E-state index in [0.29, 0.717) is 0 Å². The monoisotopic (exact) mass is 537 g/mol. The molecule has 0 rings (SSSR count). The molecule has 0 N–H and O–H groups in total. The molecular formula is C17H36Cl4N2O2Tc. The van der Waals surface area contributed by atoms with Gasteiger partial charge in [-0.25, -0.2) is 4.29 Å². The molecule has 0 unspecified atom stereocenters. The van der Waals surface area contributed by atoms with Crippen molar-refractivity contribution in [1.29, 1.82) is 0 Å². The smallest absolute Gasteiger partial charge is 0.313 e. The van der Waals surface area contributed by atoms with Crippen molar-refractivity contribution in [2.45, 2.75) is 83.0 Å². The van der Waals surface area contributed by atoms with Crippen LogP contribution in [0.1, 0.15) is 79.1 Å². The van der Waals surface area contributed by atoms with E-state index in [1.165, 1.54) is 82.0 Å². The number of halogens is 4. The Kier molecular flexibility index (Phi) is 32.6. The molecule has 0 heterocycles. The summed E-state index contributed by atoms with van der Waals surface area (Å²) in [5.41, 5.74) is 5.75. The minimum absolute atomic E-state index is 0. The zero-order valence-electron chi connectivity index (χ0n) is 16.6. The fraction of sp³-hybridized carbons (Fsp3) is 1.00. The second-order valence-electron chi connectivity index (χ2n) is 6.17. The van der Waals surface area contributed by atoms with Crippen LogP contribution in [0.3, 0.4) is 0 Å². The van der Waals surface area contributed by atoms with Crippen molar-refractivity contribution in [2.24, 2.45) is 0 Å². The van der Waals surface area contributed by atoms with E-state index in [9.17, 15) is 0 Å². The van der Waals surface area contributed by atoms with E-state index in [1.807, 2.05) is 0 Å². The molecular weight excluding hydrogens is 504 g/mol. The summed E-state index contributed by atoms with van der Waals surface area (Å²) in [5.74, 6) is 0. The maximum Gasteiger partial charge on any atom is 0.313 e. The van der Waals surface area contributed by atoms with Gasteiger partial charge in [-0.1, -0.05) is 88.2 Å². The van der Waals surface area contributed by atoms with Crippen molar-refractivity contribution in [3.05, 3.63) is 10.5 Å². The van der Waals surface area contributed by atoms with Gasteiger partial charge in [-0.3, -0.25) is 0 Å². The Balaban J connectivity index is -0.000000228. The minimum atomic E-state index is -1.78.